The molecule has 0 unspecified atom stereocenters. The van der Waals surface area contributed by atoms with Gasteiger partial charge < -0.3 is 4.74 Å². The lowest BCUT2D eigenvalue weighted by molar-refractivity contribution is 0.0532. The van der Waals surface area contributed by atoms with Gasteiger partial charge in [-0.3, -0.25) is 4.57 Å². The Kier molecular flexibility index (Phi) is 3.58. The Morgan fingerprint density at radius 2 is 2.12 bits per heavy atom. The maximum Gasteiger partial charge on any atom is 0.419 e. The second-order valence-electron chi connectivity index (χ2n) is 4.62. The van der Waals surface area contributed by atoms with Crippen LogP contribution >= 0.6 is 0 Å². The van der Waals surface area contributed by atoms with Gasteiger partial charge in [0, 0.05) is 5.69 Å². The summed E-state index contributed by atoms with van der Waals surface area (Å²) in [5.74, 6) is 0. The summed E-state index contributed by atoms with van der Waals surface area (Å²) in [6.07, 6.45) is 2.10. The molecule has 3 heteroatoms. The average Bonchev–Trinajstić information content (AvgIpc) is 2.57. The molecule has 0 saturated carbocycles. The molecule has 1 aromatic heterocycles. The van der Waals surface area contributed by atoms with Crippen LogP contribution in [0.4, 0.5) is 4.79 Å². The quantitative estimate of drug-likeness (QED) is 0.765. The van der Waals surface area contributed by atoms with Gasteiger partial charge in [-0.25, -0.2) is 4.79 Å². The number of nitrogens with zero attached hydrogens (tertiary/aromatic N) is 1. The first-order chi connectivity index (χ1) is 7.39. The van der Waals surface area contributed by atoms with Crippen LogP contribution in [-0.4, -0.2) is 16.3 Å². The smallest absolute Gasteiger partial charge is 0.419 e. The van der Waals surface area contributed by atoms with Crippen LogP contribution in [0.5, 0.6) is 0 Å². The number of ether oxygens (including phenoxy) is 1. The number of aryl methyl sites for hydroxylation is 1. The van der Waals surface area contributed by atoms with Crippen molar-refractivity contribution in [3.05, 3.63) is 30.1 Å². The molecule has 0 aliphatic rings. The molecule has 0 aromatic carbocycles. The fourth-order valence-electron chi connectivity index (χ4n) is 1.46. The molecule has 3 nitrogen and oxygen atoms in total. The number of carbonyl (C=O) groups excluding carboxylic acids is 1. The number of rotatable bonds is 2. The summed E-state index contributed by atoms with van der Waals surface area (Å²) in [5.41, 5.74) is 1.22. The van der Waals surface area contributed by atoms with E-state index in [-0.39, 0.29) is 6.09 Å². The minimum Gasteiger partial charge on any atom is -0.443 e. The van der Waals surface area contributed by atoms with E-state index in [4.69, 9.17) is 4.74 Å². The molecule has 0 radical (unpaired) electrons. The molecule has 0 N–H and O–H groups in total. The molecule has 0 aliphatic carbocycles. The van der Waals surface area contributed by atoms with Gasteiger partial charge in [-0.2, -0.15) is 0 Å². The predicted molar refractivity (Wildman–Crippen MR) is 65.5 cm³/mol. The Morgan fingerprint density at radius 3 is 2.56 bits per heavy atom. The van der Waals surface area contributed by atoms with E-state index < -0.39 is 5.60 Å². The van der Waals surface area contributed by atoms with Crippen molar-refractivity contribution < 1.29 is 9.53 Å². The zero-order valence-electron chi connectivity index (χ0n) is 10.4. The Balaban J connectivity index is 3.06. The molecular formula is C13H19NO2. The standard InChI is InChI=1S/C13H19NO2/c1-6-10-8-9-11(7-2)14(10)12(15)16-13(3,4)5/h6,8-9H,1,7H2,2-5H3. The van der Waals surface area contributed by atoms with E-state index in [1.165, 1.54) is 0 Å². The first-order valence-electron chi connectivity index (χ1n) is 5.45. The van der Waals surface area contributed by atoms with Crippen LogP contribution in [0.3, 0.4) is 0 Å². The maximum atomic E-state index is 12.0. The summed E-state index contributed by atoms with van der Waals surface area (Å²) < 4.78 is 6.91. The summed E-state index contributed by atoms with van der Waals surface area (Å²) in [6.45, 7) is 11.3. The van der Waals surface area contributed by atoms with Gasteiger partial charge in [0.25, 0.3) is 0 Å². The zero-order chi connectivity index (χ0) is 12.3. The highest BCUT2D eigenvalue weighted by Crippen LogP contribution is 2.15. The van der Waals surface area contributed by atoms with Crippen LogP contribution in [0, 0.1) is 0 Å². The lowest BCUT2D eigenvalue weighted by Gasteiger charge is -2.21. The van der Waals surface area contributed by atoms with Gasteiger partial charge in [0.1, 0.15) is 5.60 Å². The summed E-state index contributed by atoms with van der Waals surface area (Å²) in [5, 5.41) is 0. The highest BCUT2D eigenvalue weighted by Gasteiger charge is 2.20. The monoisotopic (exact) mass is 221 g/mol. The fraction of sp³-hybridized carbons (Fsp3) is 0.462. The van der Waals surface area contributed by atoms with Crippen LogP contribution in [0.2, 0.25) is 0 Å². The van der Waals surface area contributed by atoms with Crippen molar-refractivity contribution in [2.24, 2.45) is 0 Å². The minimum atomic E-state index is -0.481. The normalized spacial score (nSPS) is 11.2. The molecule has 1 heterocycles. The third kappa shape index (κ3) is 2.75. The van der Waals surface area contributed by atoms with Crippen molar-refractivity contribution in [2.45, 2.75) is 39.7 Å². The molecule has 0 aliphatic heterocycles. The SMILES string of the molecule is C=Cc1ccc(CC)n1C(=O)OC(C)(C)C. The maximum absolute atomic E-state index is 12.0. The lowest BCUT2D eigenvalue weighted by Crippen LogP contribution is -2.28. The number of aromatic nitrogens is 1. The molecule has 0 fully saturated rings. The lowest BCUT2D eigenvalue weighted by atomic mass is 10.2. The van der Waals surface area contributed by atoms with Gasteiger partial charge in [0.2, 0.25) is 0 Å². The van der Waals surface area contributed by atoms with Crippen LogP contribution in [-0.2, 0) is 11.2 Å². The average molecular weight is 221 g/mol. The predicted octanol–water partition coefficient (Wildman–Crippen LogP) is 3.48. The van der Waals surface area contributed by atoms with Crippen LogP contribution < -0.4 is 0 Å². The van der Waals surface area contributed by atoms with Crippen LogP contribution in [0.1, 0.15) is 39.1 Å². The second kappa shape index (κ2) is 4.56. The fourth-order valence-corrected chi connectivity index (χ4v) is 1.46. The largest absolute Gasteiger partial charge is 0.443 e. The van der Waals surface area contributed by atoms with E-state index in [2.05, 4.69) is 6.58 Å². The first kappa shape index (κ1) is 12.6. The van der Waals surface area contributed by atoms with Gasteiger partial charge >= 0.3 is 6.09 Å². The van der Waals surface area contributed by atoms with Crippen molar-refractivity contribution in [3.63, 3.8) is 0 Å². The van der Waals surface area contributed by atoms with Crippen LogP contribution in [0.25, 0.3) is 6.08 Å². The highest BCUT2D eigenvalue weighted by atomic mass is 16.6. The third-order valence-corrected chi connectivity index (χ3v) is 2.14. The Bertz CT molecular complexity index is 397. The Hall–Kier alpha value is -1.51. The Morgan fingerprint density at radius 1 is 1.50 bits per heavy atom. The number of hydrogen-bond donors (Lipinski definition) is 0. The Labute approximate surface area is 96.7 Å². The molecule has 1 rings (SSSR count). The summed E-state index contributed by atoms with van der Waals surface area (Å²) >= 11 is 0. The van der Waals surface area contributed by atoms with E-state index in [1.807, 2.05) is 39.8 Å². The van der Waals surface area contributed by atoms with Crippen molar-refractivity contribution >= 4 is 12.2 Å². The summed E-state index contributed by atoms with van der Waals surface area (Å²) in [4.78, 5) is 12.0. The van der Waals surface area contributed by atoms with E-state index in [0.717, 1.165) is 17.8 Å². The molecule has 0 bridgehead atoms. The van der Waals surface area contributed by atoms with Gasteiger partial charge in [0.15, 0.2) is 0 Å². The molecule has 0 spiro atoms. The summed E-state index contributed by atoms with van der Waals surface area (Å²) in [6, 6.07) is 3.79. The van der Waals surface area contributed by atoms with Crippen molar-refractivity contribution in [3.8, 4) is 0 Å². The molecule has 1 aromatic rings. The van der Waals surface area contributed by atoms with E-state index in [1.54, 1.807) is 10.6 Å². The van der Waals surface area contributed by atoms with Gasteiger partial charge in [-0.05, 0) is 45.4 Å². The first-order valence-corrected chi connectivity index (χ1v) is 5.45. The molecule has 88 valence electrons. The van der Waals surface area contributed by atoms with Crippen LogP contribution in [0.15, 0.2) is 18.7 Å². The van der Waals surface area contributed by atoms with Gasteiger partial charge in [-0.1, -0.05) is 13.5 Å². The third-order valence-electron chi connectivity index (χ3n) is 2.14. The summed E-state index contributed by atoms with van der Waals surface area (Å²) in [7, 11) is 0. The molecule has 16 heavy (non-hydrogen) atoms. The van der Waals surface area contributed by atoms with Gasteiger partial charge in [-0.15, -0.1) is 0 Å². The molecular weight excluding hydrogens is 202 g/mol. The van der Waals surface area contributed by atoms with Crippen molar-refractivity contribution in [1.82, 2.24) is 4.57 Å². The van der Waals surface area contributed by atoms with E-state index >= 15 is 0 Å². The van der Waals surface area contributed by atoms with Crippen molar-refractivity contribution in [2.75, 3.05) is 0 Å². The van der Waals surface area contributed by atoms with Gasteiger partial charge in [0.05, 0.1) is 5.69 Å². The second-order valence-corrected chi connectivity index (χ2v) is 4.62. The highest BCUT2D eigenvalue weighted by molar-refractivity contribution is 5.75. The van der Waals surface area contributed by atoms with Crippen molar-refractivity contribution in [1.29, 1.82) is 0 Å². The molecule has 0 atom stereocenters. The number of carbonyl (C=O) groups is 1. The zero-order valence-corrected chi connectivity index (χ0v) is 10.4. The topological polar surface area (TPSA) is 31.2 Å². The van der Waals surface area contributed by atoms with E-state index in [9.17, 15) is 4.79 Å². The number of hydrogen-bond acceptors (Lipinski definition) is 2. The molecule has 0 amide bonds. The minimum absolute atomic E-state index is 0.343. The van der Waals surface area contributed by atoms with E-state index in [0.29, 0.717) is 0 Å². The molecule has 0 saturated heterocycles.